The minimum Gasteiger partial charge on any atom is -0.369 e. The first-order valence-electron chi connectivity index (χ1n) is 6.79. The summed E-state index contributed by atoms with van der Waals surface area (Å²) in [6.45, 7) is 7.32. The van der Waals surface area contributed by atoms with Crippen LogP contribution < -0.4 is 5.32 Å². The van der Waals surface area contributed by atoms with Gasteiger partial charge in [-0.25, -0.2) is 0 Å². The van der Waals surface area contributed by atoms with Gasteiger partial charge in [0.05, 0.1) is 10.6 Å². The molecule has 1 rings (SSSR count). The number of rotatable bonds is 3. The molecule has 22 heavy (non-hydrogen) atoms. The maximum absolute atomic E-state index is 12.4. The first-order chi connectivity index (χ1) is 10.1. The van der Waals surface area contributed by atoms with Crippen LogP contribution in [0.25, 0.3) is 0 Å². The van der Waals surface area contributed by atoms with Crippen molar-refractivity contribution in [2.45, 2.75) is 39.7 Å². The maximum Gasteiger partial charge on any atom is 0.269 e. The van der Waals surface area contributed by atoms with E-state index in [1.165, 1.54) is 12.1 Å². The zero-order chi connectivity index (χ0) is 17.0. The van der Waals surface area contributed by atoms with Crippen LogP contribution in [0, 0.1) is 28.6 Å². The van der Waals surface area contributed by atoms with Crippen molar-refractivity contribution in [1.29, 1.82) is 5.26 Å². The number of anilines is 1. The van der Waals surface area contributed by atoms with Crippen LogP contribution >= 0.6 is 11.6 Å². The third kappa shape index (κ3) is 4.77. The average molecular weight is 319 g/mol. The minimum atomic E-state index is -1.78. The van der Waals surface area contributed by atoms with Gasteiger partial charge in [-0.15, -0.1) is 5.92 Å². The monoisotopic (exact) mass is 318 g/mol. The van der Waals surface area contributed by atoms with E-state index in [-0.39, 0.29) is 16.9 Å². The first kappa shape index (κ1) is 18.0. The van der Waals surface area contributed by atoms with E-state index in [1.807, 2.05) is 26.8 Å². The molecule has 0 aliphatic rings. The van der Waals surface area contributed by atoms with Crippen molar-refractivity contribution < 1.29 is 9.90 Å². The highest BCUT2D eigenvalue weighted by Gasteiger charge is 2.38. The molecule has 0 bridgehead atoms. The Hall–Kier alpha value is -2.01. The van der Waals surface area contributed by atoms with Crippen molar-refractivity contribution in [3.05, 3.63) is 28.8 Å². The van der Waals surface area contributed by atoms with Crippen molar-refractivity contribution in [2.24, 2.45) is 5.41 Å². The van der Waals surface area contributed by atoms with E-state index in [4.69, 9.17) is 16.9 Å². The Balaban J connectivity index is 3.04. The summed E-state index contributed by atoms with van der Waals surface area (Å²) in [6.07, 6.45) is 0.191. The number of nitrogens with zero attached hydrogens (tertiary/aromatic N) is 1. The second-order valence-electron chi connectivity index (χ2n) is 6.23. The Bertz CT molecular complexity index is 675. The highest BCUT2D eigenvalue weighted by Crippen LogP contribution is 2.29. The molecule has 0 spiro atoms. The summed E-state index contributed by atoms with van der Waals surface area (Å²) < 4.78 is 0. The molecule has 1 aromatic carbocycles. The van der Waals surface area contributed by atoms with Crippen molar-refractivity contribution in [2.75, 3.05) is 5.32 Å². The number of nitriles is 1. The highest BCUT2D eigenvalue weighted by molar-refractivity contribution is 6.32. The molecule has 0 fully saturated rings. The van der Waals surface area contributed by atoms with Gasteiger partial charge in [0.15, 0.2) is 0 Å². The lowest BCUT2D eigenvalue weighted by Gasteiger charge is -2.29. The van der Waals surface area contributed by atoms with E-state index in [9.17, 15) is 9.90 Å². The molecule has 0 saturated heterocycles. The molecule has 0 aliphatic heterocycles. The van der Waals surface area contributed by atoms with Crippen molar-refractivity contribution >= 4 is 23.2 Å². The zero-order valence-corrected chi connectivity index (χ0v) is 13.9. The number of hydrogen-bond donors (Lipinski definition) is 2. The van der Waals surface area contributed by atoms with Gasteiger partial charge in [-0.1, -0.05) is 38.3 Å². The SMILES string of the molecule is CC#CC(O)(CC(C)(C)C)C(=O)Nc1ccc(C#N)c(Cl)c1. The highest BCUT2D eigenvalue weighted by atomic mass is 35.5. The topological polar surface area (TPSA) is 73.1 Å². The van der Waals surface area contributed by atoms with Crippen molar-refractivity contribution in [3.8, 4) is 17.9 Å². The summed E-state index contributed by atoms with van der Waals surface area (Å²) in [5, 5.41) is 22.2. The van der Waals surface area contributed by atoms with Gasteiger partial charge in [-0.05, 0) is 30.5 Å². The second-order valence-corrected chi connectivity index (χ2v) is 6.64. The molecule has 1 aromatic rings. The van der Waals surface area contributed by atoms with Crippen LogP contribution in [0.3, 0.4) is 0 Å². The third-order valence-corrected chi connectivity index (χ3v) is 3.15. The summed E-state index contributed by atoms with van der Waals surface area (Å²) in [7, 11) is 0. The number of benzene rings is 1. The van der Waals surface area contributed by atoms with Gasteiger partial charge < -0.3 is 10.4 Å². The van der Waals surface area contributed by atoms with Crippen LogP contribution in [0.2, 0.25) is 5.02 Å². The van der Waals surface area contributed by atoms with Crippen LogP contribution in [-0.4, -0.2) is 16.6 Å². The van der Waals surface area contributed by atoms with Crippen LogP contribution in [-0.2, 0) is 4.79 Å². The van der Waals surface area contributed by atoms with Gasteiger partial charge in [0.2, 0.25) is 5.60 Å². The van der Waals surface area contributed by atoms with Gasteiger partial charge in [-0.3, -0.25) is 4.79 Å². The maximum atomic E-state index is 12.4. The van der Waals surface area contributed by atoms with Crippen LogP contribution in [0.4, 0.5) is 5.69 Å². The number of carbonyl (C=O) groups is 1. The second kappa shape index (κ2) is 6.83. The largest absolute Gasteiger partial charge is 0.369 e. The number of halogens is 1. The third-order valence-electron chi connectivity index (χ3n) is 2.84. The molecule has 0 aromatic heterocycles. The fourth-order valence-corrected chi connectivity index (χ4v) is 2.30. The molecule has 1 unspecified atom stereocenters. The summed E-state index contributed by atoms with van der Waals surface area (Å²) in [6, 6.07) is 6.47. The predicted octanol–water partition coefficient (Wildman–Crippen LogP) is 3.34. The lowest BCUT2D eigenvalue weighted by atomic mass is 9.81. The first-order valence-corrected chi connectivity index (χ1v) is 7.16. The average Bonchev–Trinajstić information content (AvgIpc) is 2.37. The van der Waals surface area contributed by atoms with E-state index in [1.54, 1.807) is 13.0 Å². The van der Waals surface area contributed by atoms with Crippen LogP contribution in [0.15, 0.2) is 18.2 Å². The summed E-state index contributed by atoms with van der Waals surface area (Å²) in [5.74, 6) is 4.56. The summed E-state index contributed by atoms with van der Waals surface area (Å²) in [5.41, 5.74) is -1.34. The number of aliphatic hydroxyl groups is 1. The molecule has 1 amide bonds. The van der Waals surface area contributed by atoms with Gasteiger partial charge in [0.25, 0.3) is 5.91 Å². The molecular weight excluding hydrogens is 300 g/mol. The molecule has 0 radical (unpaired) electrons. The van der Waals surface area contributed by atoms with Crippen LogP contribution in [0.5, 0.6) is 0 Å². The standard InChI is InChI=1S/C17H19ClN2O2/c1-5-8-17(22,11-16(2,3)4)15(21)20-13-7-6-12(10-19)14(18)9-13/h6-7,9,22H,11H2,1-4H3,(H,20,21). The van der Waals surface area contributed by atoms with E-state index >= 15 is 0 Å². The van der Waals surface area contributed by atoms with Crippen LogP contribution in [0.1, 0.15) is 39.7 Å². The lowest BCUT2D eigenvalue weighted by Crippen LogP contribution is -2.44. The minimum absolute atomic E-state index is 0.191. The fourth-order valence-electron chi connectivity index (χ4n) is 2.07. The van der Waals surface area contributed by atoms with Gasteiger partial charge >= 0.3 is 0 Å². The van der Waals surface area contributed by atoms with E-state index < -0.39 is 11.5 Å². The van der Waals surface area contributed by atoms with E-state index in [0.29, 0.717) is 11.3 Å². The molecule has 2 N–H and O–H groups in total. The number of hydrogen-bond acceptors (Lipinski definition) is 3. The van der Waals surface area contributed by atoms with Gasteiger partial charge in [-0.2, -0.15) is 5.26 Å². The number of carbonyl (C=O) groups excluding carboxylic acids is 1. The molecule has 0 aliphatic carbocycles. The summed E-state index contributed by atoms with van der Waals surface area (Å²) >= 11 is 5.93. The normalized spacial score (nSPS) is 13.3. The predicted molar refractivity (Wildman–Crippen MR) is 87.3 cm³/mol. The Morgan fingerprint density at radius 1 is 1.41 bits per heavy atom. The molecular formula is C17H19ClN2O2. The zero-order valence-electron chi connectivity index (χ0n) is 13.1. The number of amides is 1. The Morgan fingerprint density at radius 3 is 2.50 bits per heavy atom. The molecule has 0 heterocycles. The Morgan fingerprint density at radius 2 is 2.05 bits per heavy atom. The van der Waals surface area contributed by atoms with E-state index in [2.05, 4.69) is 17.2 Å². The fraction of sp³-hybridized carbons (Fsp3) is 0.412. The molecule has 1 atom stereocenters. The molecule has 5 heteroatoms. The molecule has 4 nitrogen and oxygen atoms in total. The summed E-state index contributed by atoms with van der Waals surface area (Å²) in [4.78, 5) is 12.4. The van der Waals surface area contributed by atoms with Crippen molar-refractivity contribution in [1.82, 2.24) is 0 Å². The molecule has 116 valence electrons. The lowest BCUT2D eigenvalue weighted by molar-refractivity contribution is -0.131. The molecule has 0 saturated carbocycles. The Kier molecular flexibility index (Phi) is 5.60. The van der Waals surface area contributed by atoms with Gasteiger partial charge in [0.1, 0.15) is 6.07 Å². The van der Waals surface area contributed by atoms with Gasteiger partial charge in [0, 0.05) is 12.1 Å². The number of nitrogens with one attached hydrogen (secondary N) is 1. The Labute approximate surface area is 136 Å². The van der Waals surface area contributed by atoms with Crippen molar-refractivity contribution in [3.63, 3.8) is 0 Å². The smallest absolute Gasteiger partial charge is 0.269 e. The van der Waals surface area contributed by atoms with E-state index in [0.717, 1.165) is 0 Å². The quantitative estimate of drug-likeness (QED) is 0.839.